The van der Waals surface area contributed by atoms with E-state index in [9.17, 15) is 40.8 Å². The molecular weight excluding hydrogens is 922 g/mol. The second-order valence-electron chi connectivity index (χ2n) is 16.8. The van der Waals surface area contributed by atoms with Crippen LogP contribution in [0.2, 0.25) is 10.0 Å². The second kappa shape index (κ2) is 22.6. The molecule has 0 saturated carbocycles. The molecule has 0 aromatic heterocycles. The number of rotatable bonds is 16. The molecule has 2 fully saturated rings. The Labute approximate surface area is 391 Å². The van der Waals surface area contributed by atoms with Crippen molar-refractivity contribution in [1.82, 2.24) is 34.8 Å². The average Bonchev–Trinajstić information content (AvgIpc) is 3.77. The molecule has 0 unspecified atom stereocenters. The number of fused-ring (bicyclic) bond motifs is 1. The first-order valence-electron chi connectivity index (χ1n) is 21.2. The van der Waals surface area contributed by atoms with E-state index in [1.54, 1.807) is 88.0 Å². The minimum atomic E-state index is -3.97. The molecule has 2 aliphatic rings. The van der Waals surface area contributed by atoms with Gasteiger partial charge in [-0.25, -0.2) is 21.6 Å². The van der Waals surface area contributed by atoms with Gasteiger partial charge in [-0.05, 0) is 127 Å². The van der Waals surface area contributed by atoms with Crippen LogP contribution >= 0.6 is 23.2 Å². The average molecular weight is 981 g/mol. The molecule has 3 aromatic carbocycles. The number of hydrogen-bond acceptors (Lipinski definition) is 10. The number of nitrogens with zero attached hydrogens (tertiary/aromatic N) is 3. The number of nitrogens with one attached hydrogen (secondary N) is 4. The van der Waals surface area contributed by atoms with Gasteiger partial charge in [0.1, 0.15) is 29.8 Å². The van der Waals surface area contributed by atoms with Gasteiger partial charge < -0.3 is 30.1 Å². The van der Waals surface area contributed by atoms with Gasteiger partial charge in [-0.3, -0.25) is 19.2 Å². The molecule has 4 atom stereocenters. The highest BCUT2D eigenvalue weighted by molar-refractivity contribution is 7.92. The number of likely N-dealkylation sites (tertiary alicyclic amines) is 2. The fourth-order valence-electron chi connectivity index (χ4n) is 7.09. The van der Waals surface area contributed by atoms with Crippen LogP contribution in [0.5, 0.6) is 0 Å². The van der Waals surface area contributed by atoms with Gasteiger partial charge in [0.15, 0.2) is 0 Å². The first-order valence-corrected chi connectivity index (χ1v) is 24.9. The van der Waals surface area contributed by atoms with Crippen molar-refractivity contribution >= 4 is 89.8 Å². The molecule has 2 aliphatic heterocycles. The topological polar surface area (TPSA) is 221 Å². The van der Waals surface area contributed by atoms with Crippen LogP contribution in [0.25, 0.3) is 16.8 Å². The Morgan fingerprint density at radius 3 is 1.91 bits per heavy atom. The van der Waals surface area contributed by atoms with Crippen molar-refractivity contribution in [3.05, 3.63) is 81.7 Å². The highest BCUT2D eigenvalue weighted by atomic mass is 35.5. The van der Waals surface area contributed by atoms with Crippen LogP contribution in [0.15, 0.2) is 71.0 Å². The molecular formula is C44H59Cl2N7O10S2. The minimum Gasteiger partial charge on any atom is -0.444 e. The Kier molecular flexibility index (Phi) is 18.4. The Balaban J connectivity index is 0.000000292. The standard InChI is InChI=1S/C24H31ClN4O6S.C20H28ClN3O4S/c1-15(21(30)26-10-11-27-23(32)35-24(2,3)4)29-12-9-20(22(29)31)28-36(33,34)19-8-6-16-13-18(25)7-5-17(16)14-19;1-5-23(14(2)3)19(25)15(4)24-12-10-18(20(24)26)22-29(27,28)13-11-16-6-8-17(21)9-7-16/h5-8,13-15,20,28H,9-12H2,1-4H3,(H,26,30)(H,27,32);6-9,11,13-15,18,22H,5,10,12H2,1-4H3/t15-,20-;15-,18-/m00/s1. The summed E-state index contributed by atoms with van der Waals surface area (Å²) in [5.74, 6) is -1.40. The Bertz CT molecular complexity index is 2460. The molecule has 356 valence electrons. The molecule has 2 saturated heterocycles. The van der Waals surface area contributed by atoms with Gasteiger partial charge in [0.25, 0.3) is 0 Å². The highest BCUT2D eigenvalue weighted by Crippen LogP contribution is 2.24. The summed E-state index contributed by atoms with van der Waals surface area (Å²) in [6, 6.07) is 13.2. The molecule has 0 spiro atoms. The fourth-order valence-corrected chi connectivity index (χ4v) is 9.69. The van der Waals surface area contributed by atoms with E-state index in [0.29, 0.717) is 40.5 Å². The number of amides is 5. The maximum absolute atomic E-state index is 12.9. The van der Waals surface area contributed by atoms with Gasteiger partial charge in [-0.1, -0.05) is 47.5 Å². The van der Waals surface area contributed by atoms with Crippen molar-refractivity contribution in [3.63, 3.8) is 0 Å². The summed E-state index contributed by atoms with van der Waals surface area (Å²) in [5.41, 5.74) is 0.0465. The predicted molar refractivity (Wildman–Crippen MR) is 251 cm³/mol. The molecule has 0 radical (unpaired) electrons. The molecule has 65 heavy (non-hydrogen) atoms. The van der Waals surface area contributed by atoms with E-state index in [-0.39, 0.29) is 48.8 Å². The summed E-state index contributed by atoms with van der Waals surface area (Å²) in [6.45, 7) is 15.6. The number of sulfonamides is 2. The number of benzene rings is 3. The Morgan fingerprint density at radius 1 is 0.785 bits per heavy atom. The van der Waals surface area contributed by atoms with Crippen molar-refractivity contribution in [2.45, 2.75) is 109 Å². The SMILES string of the molecule is CCN(C(=O)[C@H](C)N1CC[C@H](NS(=O)(=O)C=Cc2ccc(Cl)cc2)C1=O)C(C)C.C[C@@H](C(=O)NCCNC(=O)OC(C)(C)C)N1CC[C@H](NS(=O)(=O)c2ccc3cc(Cl)ccc3c2)C1=O. The first kappa shape index (κ1) is 52.8. The van der Waals surface area contributed by atoms with Crippen LogP contribution in [0.1, 0.15) is 73.8 Å². The van der Waals surface area contributed by atoms with Gasteiger partial charge >= 0.3 is 6.09 Å². The number of hydrogen-bond donors (Lipinski definition) is 4. The third-order valence-corrected chi connectivity index (χ3v) is 13.6. The molecule has 0 aliphatic carbocycles. The van der Waals surface area contributed by atoms with Gasteiger partial charge in [0, 0.05) is 54.2 Å². The number of carbonyl (C=O) groups excluding carboxylic acids is 5. The van der Waals surface area contributed by atoms with E-state index in [4.69, 9.17) is 27.9 Å². The van der Waals surface area contributed by atoms with Crippen LogP contribution in [0.3, 0.4) is 0 Å². The normalized spacial score (nSPS) is 17.8. The lowest BCUT2D eigenvalue weighted by Gasteiger charge is -2.32. The van der Waals surface area contributed by atoms with Crippen molar-refractivity contribution in [1.29, 1.82) is 0 Å². The molecule has 0 bridgehead atoms. The summed E-state index contributed by atoms with van der Waals surface area (Å²) in [7, 11) is -7.79. The third-order valence-electron chi connectivity index (χ3n) is 10.5. The van der Waals surface area contributed by atoms with Crippen molar-refractivity contribution in [2.75, 3.05) is 32.7 Å². The minimum absolute atomic E-state index is 0.0277. The van der Waals surface area contributed by atoms with E-state index in [2.05, 4.69) is 20.1 Å². The molecule has 4 N–H and O–H groups in total. The quantitative estimate of drug-likeness (QED) is 0.143. The van der Waals surface area contributed by atoms with Crippen LogP contribution in [-0.2, 0) is 44.0 Å². The Morgan fingerprint density at radius 2 is 1.32 bits per heavy atom. The smallest absolute Gasteiger partial charge is 0.407 e. The summed E-state index contributed by atoms with van der Waals surface area (Å²) in [4.78, 5) is 67.0. The molecule has 3 aromatic rings. The number of likely N-dealkylation sites (N-methyl/N-ethyl adjacent to an activating group) is 1. The highest BCUT2D eigenvalue weighted by Gasteiger charge is 2.41. The summed E-state index contributed by atoms with van der Waals surface area (Å²) < 4.78 is 60.6. The van der Waals surface area contributed by atoms with Crippen molar-refractivity contribution < 1.29 is 45.5 Å². The number of halogens is 2. The van der Waals surface area contributed by atoms with Crippen LogP contribution < -0.4 is 20.1 Å². The third kappa shape index (κ3) is 15.1. The monoisotopic (exact) mass is 979 g/mol. The van der Waals surface area contributed by atoms with E-state index in [1.165, 1.54) is 28.0 Å². The van der Waals surface area contributed by atoms with Gasteiger partial charge in [-0.15, -0.1) is 0 Å². The van der Waals surface area contributed by atoms with E-state index in [0.717, 1.165) is 10.8 Å². The maximum Gasteiger partial charge on any atom is 0.407 e. The van der Waals surface area contributed by atoms with Crippen molar-refractivity contribution in [2.24, 2.45) is 0 Å². The van der Waals surface area contributed by atoms with Crippen LogP contribution in [-0.4, -0.2) is 130 Å². The number of ether oxygens (including phenoxy) is 1. The molecule has 17 nitrogen and oxygen atoms in total. The molecule has 21 heteroatoms. The van der Waals surface area contributed by atoms with E-state index < -0.39 is 67.7 Å². The predicted octanol–water partition coefficient (Wildman–Crippen LogP) is 4.88. The van der Waals surface area contributed by atoms with Gasteiger partial charge in [-0.2, -0.15) is 9.44 Å². The lowest BCUT2D eigenvalue weighted by atomic mass is 10.1. The second-order valence-corrected chi connectivity index (χ2v) is 21.0. The lowest BCUT2D eigenvalue weighted by molar-refractivity contribution is -0.144. The van der Waals surface area contributed by atoms with Gasteiger partial charge in [0.05, 0.1) is 4.90 Å². The summed E-state index contributed by atoms with van der Waals surface area (Å²) in [6.07, 6.45) is 1.39. The molecule has 5 amide bonds. The molecule has 2 heterocycles. The lowest BCUT2D eigenvalue weighted by Crippen LogP contribution is -2.51. The summed E-state index contributed by atoms with van der Waals surface area (Å²) in [5, 5.41) is 8.82. The zero-order valence-corrected chi connectivity index (χ0v) is 40.9. The summed E-state index contributed by atoms with van der Waals surface area (Å²) >= 11 is 11.8. The number of alkyl carbamates (subject to hydrolysis) is 1. The zero-order valence-electron chi connectivity index (χ0n) is 37.8. The van der Waals surface area contributed by atoms with Crippen LogP contribution in [0, 0.1) is 0 Å². The Hall–Kier alpha value is -4.79. The van der Waals surface area contributed by atoms with Crippen LogP contribution in [0.4, 0.5) is 4.79 Å². The fraction of sp³-hybridized carbons (Fsp3) is 0.477. The first-order chi connectivity index (χ1) is 30.3. The van der Waals surface area contributed by atoms with E-state index in [1.807, 2.05) is 20.8 Å². The maximum atomic E-state index is 12.9. The number of carbonyl (C=O) groups is 5. The molecule has 5 rings (SSSR count). The zero-order chi connectivity index (χ0) is 48.4. The largest absolute Gasteiger partial charge is 0.444 e. The van der Waals surface area contributed by atoms with Crippen molar-refractivity contribution in [3.8, 4) is 0 Å². The van der Waals surface area contributed by atoms with Gasteiger partial charge in [0.2, 0.25) is 43.7 Å². The van der Waals surface area contributed by atoms with E-state index >= 15 is 0 Å².